The predicted molar refractivity (Wildman–Crippen MR) is 45.6 cm³/mol. The van der Waals surface area contributed by atoms with E-state index in [1.807, 2.05) is 20.8 Å². The molecule has 0 heterocycles. The molecule has 1 nitrogen and oxygen atoms in total. The van der Waals surface area contributed by atoms with E-state index < -0.39 is 0 Å². The van der Waals surface area contributed by atoms with E-state index in [0.717, 1.165) is 12.8 Å². The second-order valence-corrected chi connectivity index (χ2v) is 2.17. The summed E-state index contributed by atoms with van der Waals surface area (Å²) < 4.78 is 0. The van der Waals surface area contributed by atoms with Crippen LogP contribution in [0, 0.1) is 16.7 Å². The summed E-state index contributed by atoms with van der Waals surface area (Å²) in [7, 11) is 0. The third kappa shape index (κ3) is 5.37. The Morgan fingerprint density at radius 2 is 1.60 bits per heavy atom. The lowest BCUT2D eigenvalue weighted by molar-refractivity contribution is 0.767. The molecule has 0 aromatic rings. The Morgan fingerprint density at radius 1 is 1.30 bits per heavy atom. The maximum Gasteiger partial charge on any atom is 0.0686 e. The van der Waals surface area contributed by atoms with E-state index in [4.69, 9.17) is 5.26 Å². The third-order valence-electron chi connectivity index (χ3n) is 1.27. The van der Waals surface area contributed by atoms with Gasteiger partial charge in [-0.15, -0.1) is 13.2 Å². The van der Waals surface area contributed by atoms with Crippen LogP contribution in [0.2, 0.25) is 0 Å². The minimum atomic E-state index is 0.0972. The maximum absolute atomic E-state index is 8.22. The van der Waals surface area contributed by atoms with Gasteiger partial charge in [-0.25, -0.2) is 0 Å². The standard InChI is InChI=1S/C5H7N.C2H6.C2H4/c1-5(4-6)2-3-5;2*1-2/h2-3H2,1H3;1-2H3;1-2H2. The SMILES string of the molecule is C=C.CC.CC1(C#N)CC1. The van der Waals surface area contributed by atoms with Crippen molar-refractivity contribution in [2.24, 2.45) is 5.41 Å². The summed E-state index contributed by atoms with van der Waals surface area (Å²) in [4.78, 5) is 0. The van der Waals surface area contributed by atoms with Gasteiger partial charge in [0.05, 0.1) is 11.5 Å². The molecule has 0 aromatic carbocycles. The van der Waals surface area contributed by atoms with E-state index in [1.165, 1.54) is 0 Å². The lowest BCUT2D eigenvalue weighted by atomic mass is 10.2. The van der Waals surface area contributed by atoms with Crippen LogP contribution < -0.4 is 0 Å². The minimum absolute atomic E-state index is 0.0972. The van der Waals surface area contributed by atoms with Crippen LogP contribution in [0.1, 0.15) is 33.6 Å². The lowest BCUT2D eigenvalue weighted by Crippen LogP contribution is -1.81. The van der Waals surface area contributed by atoms with Crippen molar-refractivity contribution in [3.05, 3.63) is 13.2 Å². The molecule has 1 aliphatic carbocycles. The van der Waals surface area contributed by atoms with Gasteiger partial charge in [0.25, 0.3) is 0 Å². The molecule has 0 unspecified atom stereocenters. The highest BCUT2D eigenvalue weighted by atomic mass is 14.4. The van der Waals surface area contributed by atoms with Crippen LogP contribution in [0.5, 0.6) is 0 Å². The molecule has 0 saturated heterocycles. The van der Waals surface area contributed by atoms with Gasteiger partial charge in [0.15, 0.2) is 0 Å². The molecule has 1 aliphatic rings. The summed E-state index contributed by atoms with van der Waals surface area (Å²) in [5.41, 5.74) is 0.0972. The molecule has 0 spiro atoms. The first-order valence-corrected chi connectivity index (χ1v) is 3.68. The molecule has 0 aliphatic heterocycles. The van der Waals surface area contributed by atoms with E-state index in [9.17, 15) is 0 Å². The molecule has 10 heavy (non-hydrogen) atoms. The molecule has 1 saturated carbocycles. The summed E-state index contributed by atoms with van der Waals surface area (Å²) in [6, 6.07) is 2.22. The normalized spacial score (nSPS) is 16.2. The first-order valence-electron chi connectivity index (χ1n) is 3.68. The van der Waals surface area contributed by atoms with Crippen molar-refractivity contribution in [1.29, 1.82) is 5.26 Å². The van der Waals surface area contributed by atoms with E-state index in [-0.39, 0.29) is 5.41 Å². The van der Waals surface area contributed by atoms with Crippen LogP contribution >= 0.6 is 0 Å². The minimum Gasteiger partial charge on any atom is -0.198 e. The van der Waals surface area contributed by atoms with Crippen LogP contribution in [0.15, 0.2) is 13.2 Å². The zero-order valence-corrected chi connectivity index (χ0v) is 7.28. The van der Waals surface area contributed by atoms with Gasteiger partial charge >= 0.3 is 0 Å². The Bertz CT molecular complexity index is 106. The molecule has 0 N–H and O–H groups in total. The predicted octanol–water partition coefficient (Wildman–Crippen LogP) is 3.14. The van der Waals surface area contributed by atoms with Gasteiger partial charge in [-0.2, -0.15) is 5.26 Å². The average Bonchev–Trinajstić information content (AvgIpc) is 2.77. The van der Waals surface area contributed by atoms with Crippen LogP contribution in [-0.2, 0) is 0 Å². The Hall–Kier alpha value is -0.770. The van der Waals surface area contributed by atoms with Gasteiger partial charge < -0.3 is 0 Å². The number of nitriles is 1. The molecule has 0 amide bonds. The van der Waals surface area contributed by atoms with Crippen molar-refractivity contribution < 1.29 is 0 Å². The summed E-state index contributed by atoms with van der Waals surface area (Å²) in [6.45, 7) is 12.0. The second-order valence-electron chi connectivity index (χ2n) is 2.17. The van der Waals surface area contributed by atoms with Gasteiger partial charge in [0.1, 0.15) is 0 Å². The number of hydrogen-bond donors (Lipinski definition) is 0. The highest BCUT2D eigenvalue weighted by molar-refractivity contribution is 5.06. The molecule has 1 heteroatoms. The summed E-state index contributed by atoms with van der Waals surface area (Å²) >= 11 is 0. The zero-order chi connectivity index (χ0) is 8.62. The van der Waals surface area contributed by atoms with Gasteiger partial charge in [0, 0.05) is 0 Å². The highest BCUT2D eigenvalue weighted by Gasteiger charge is 2.36. The second kappa shape index (κ2) is 6.35. The largest absolute Gasteiger partial charge is 0.198 e. The fourth-order valence-electron chi connectivity index (χ4n) is 0.299. The van der Waals surface area contributed by atoms with Crippen LogP contribution in [0.3, 0.4) is 0 Å². The molecular weight excluding hydrogens is 122 g/mol. The summed E-state index contributed by atoms with van der Waals surface area (Å²) in [6.07, 6.45) is 2.23. The molecular formula is C9H17N. The van der Waals surface area contributed by atoms with E-state index in [1.54, 1.807) is 0 Å². The average molecular weight is 139 g/mol. The molecule has 0 radical (unpaired) electrons. The first-order chi connectivity index (χ1) is 4.77. The quantitative estimate of drug-likeness (QED) is 0.473. The Morgan fingerprint density at radius 3 is 1.60 bits per heavy atom. The van der Waals surface area contributed by atoms with Gasteiger partial charge in [-0.1, -0.05) is 13.8 Å². The summed E-state index contributed by atoms with van der Waals surface area (Å²) in [5, 5.41) is 8.22. The fraction of sp³-hybridized carbons (Fsp3) is 0.667. The van der Waals surface area contributed by atoms with E-state index >= 15 is 0 Å². The molecule has 1 fully saturated rings. The van der Waals surface area contributed by atoms with Crippen LogP contribution in [0.25, 0.3) is 0 Å². The van der Waals surface area contributed by atoms with Gasteiger partial charge in [-0.05, 0) is 19.8 Å². The summed E-state index contributed by atoms with van der Waals surface area (Å²) in [5.74, 6) is 0. The topological polar surface area (TPSA) is 23.8 Å². The van der Waals surface area contributed by atoms with Crippen molar-refractivity contribution in [3.63, 3.8) is 0 Å². The van der Waals surface area contributed by atoms with Gasteiger partial charge in [-0.3, -0.25) is 0 Å². The van der Waals surface area contributed by atoms with Crippen molar-refractivity contribution in [1.82, 2.24) is 0 Å². The molecule has 0 atom stereocenters. The third-order valence-corrected chi connectivity index (χ3v) is 1.27. The number of nitrogens with zero attached hydrogens (tertiary/aromatic N) is 1. The van der Waals surface area contributed by atoms with Gasteiger partial charge in [0.2, 0.25) is 0 Å². The maximum atomic E-state index is 8.22. The highest BCUT2D eigenvalue weighted by Crippen LogP contribution is 2.43. The lowest BCUT2D eigenvalue weighted by Gasteiger charge is -1.82. The molecule has 58 valence electrons. The van der Waals surface area contributed by atoms with Crippen molar-refractivity contribution in [3.8, 4) is 6.07 Å². The van der Waals surface area contributed by atoms with E-state index in [2.05, 4.69) is 19.2 Å². The van der Waals surface area contributed by atoms with Crippen LogP contribution in [-0.4, -0.2) is 0 Å². The molecule has 0 bridgehead atoms. The van der Waals surface area contributed by atoms with Crippen molar-refractivity contribution in [2.75, 3.05) is 0 Å². The monoisotopic (exact) mass is 139 g/mol. The fourth-order valence-corrected chi connectivity index (χ4v) is 0.299. The van der Waals surface area contributed by atoms with Crippen LogP contribution in [0.4, 0.5) is 0 Å². The molecule has 1 rings (SSSR count). The Labute approximate surface area is 64.4 Å². The first kappa shape index (κ1) is 12.0. The van der Waals surface area contributed by atoms with Crippen molar-refractivity contribution in [2.45, 2.75) is 33.6 Å². The Balaban J connectivity index is 0. The van der Waals surface area contributed by atoms with E-state index in [0.29, 0.717) is 0 Å². The number of rotatable bonds is 0. The zero-order valence-electron chi connectivity index (χ0n) is 7.28. The Kier molecular flexibility index (Phi) is 7.60. The smallest absolute Gasteiger partial charge is 0.0686 e. The number of hydrogen-bond acceptors (Lipinski definition) is 1. The van der Waals surface area contributed by atoms with Crippen molar-refractivity contribution >= 4 is 0 Å². The molecule has 0 aromatic heterocycles.